The molecule has 10 nitrogen and oxygen atoms in total. The minimum atomic E-state index is -3.78. The lowest BCUT2D eigenvalue weighted by atomic mass is 9.95. The molecule has 0 saturated carbocycles. The predicted octanol–water partition coefficient (Wildman–Crippen LogP) is 2.30. The van der Waals surface area contributed by atoms with Crippen LogP contribution in [0.5, 0.6) is 0 Å². The van der Waals surface area contributed by atoms with E-state index < -0.39 is 10.0 Å². The largest absolute Gasteiger partial charge is 0.381 e. The van der Waals surface area contributed by atoms with E-state index in [1.807, 2.05) is 6.92 Å². The Kier molecular flexibility index (Phi) is 6.06. The van der Waals surface area contributed by atoms with Gasteiger partial charge in [0.1, 0.15) is 5.82 Å². The highest BCUT2D eigenvalue weighted by atomic mass is 32.2. The van der Waals surface area contributed by atoms with Gasteiger partial charge in [0.15, 0.2) is 0 Å². The summed E-state index contributed by atoms with van der Waals surface area (Å²) in [6, 6.07) is 10.3. The molecule has 2 aromatic heterocycles. The summed E-state index contributed by atoms with van der Waals surface area (Å²) in [4.78, 5) is 3.63. The van der Waals surface area contributed by atoms with Crippen molar-refractivity contribution in [3.05, 3.63) is 65.7 Å². The number of sulfonamides is 1. The van der Waals surface area contributed by atoms with Crippen molar-refractivity contribution >= 4 is 20.9 Å². The Morgan fingerprint density at radius 1 is 1.08 bits per heavy atom. The molecule has 0 bridgehead atoms. The number of benzene rings is 2. The Morgan fingerprint density at radius 3 is 2.54 bits per heavy atom. The average molecular weight is 526 g/mol. The van der Waals surface area contributed by atoms with Gasteiger partial charge < -0.3 is 4.74 Å². The second kappa shape index (κ2) is 9.28. The SMILES string of the molecule is Cc1cc2c(cnn2-c2ccc(F)cc2)cc1C1CN(S(=O)(=O)c2cnn(C)n2)CCN1CC1COC1. The molecule has 2 saturated heterocycles. The van der Waals surface area contributed by atoms with Crippen molar-refractivity contribution in [3.8, 4) is 5.69 Å². The van der Waals surface area contributed by atoms with E-state index in [2.05, 4.69) is 32.3 Å². The molecule has 2 aromatic carbocycles. The third kappa shape index (κ3) is 4.43. The number of halogens is 1. The predicted molar refractivity (Wildman–Crippen MR) is 134 cm³/mol. The van der Waals surface area contributed by atoms with Gasteiger partial charge in [-0.1, -0.05) is 0 Å². The number of piperazine rings is 1. The van der Waals surface area contributed by atoms with Crippen LogP contribution < -0.4 is 0 Å². The molecule has 0 spiro atoms. The first-order valence-electron chi connectivity index (χ1n) is 12.2. The summed E-state index contributed by atoms with van der Waals surface area (Å²) in [6.45, 7) is 5.64. The maximum atomic E-state index is 13.4. The van der Waals surface area contributed by atoms with E-state index in [-0.39, 0.29) is 16.9 Å². The van der Waals surface area contributed by atoms with Crippen molar-refractivity contribution in [1.29, 1.82) is 0 Å². The third-order valence-corrected chi connectivity index (χ3v) is 8.95. The molecule has 2 aliphatic rings. The molecular weight excluding hydrogens is 497 g/mol. The molecule has 1 atom stereocenters. The number of fused-ring (bicyclic) bond motifs is 1. The molecular formula is C25H28FN7O3S. The molecule has 4 heterocycles. The molecule has 0 N–H and O–H groups in total. The second-order valence-electron chi connectivity index (χ2n) is 9.75. The Morgan fingerprint density at radius 2 is 1.86 bits per heavy atom. The zero-order valence-corrected chi connectivity index (χ0v) is 21.5. The van der Waals surface area contributed by atoms with Gasteiger partial charge in [-0.3, -0.25) is 4.90 Å². The minimum Gasteiger partial charge on any atom is -0.381 e. The first-order chi connectivity index (χ1) is 17.8. The normalized spacial score (nSPS) is 19.9. The Hall–Kier alpha value is -3.19. The van der Waals surface area contributed by atoms with Crippen molar-refractivity contribution < 1.29 is 17.5 Å². The quantitative estimate of drug-likeness (QED) is 0.381. The molecule has 1 unspecified atom stereocenters. The van der Waals surface area contributed by atoms with Crippen LogP contribution in [0.4, 0.5) is 4.39 Å². The minimum absolute atomic E-state index is 0.0395. The van der Waals surface area contributed by atoms with Crippen LogP contribution in [0.3, 0.4) is 0 Å². The van der Waals surface area contributed by atoms with Crippen LogP contribution in [0, 0.1) is 18.7 Å². The van der Waals surface area contributed by atoms with Crippen LogP contribution in [-0.4, -0.2) is 81.8 Å². The maximum Gasteiger partial charge on any atom is 0.264 e. The average Bonchev–Trinajstić information content (AvgIpc) is 3.48. The van der Waals surface area contributed by atoms with E-state index in [9.17, 15) is 12.8 Å². The van der Waals surface area contributed by atoms with Crippen molar-refractivity contribution in [2.75, 3.05) is 39.4 Å². The molecule has 2 aliphatic heterocycles. The third-order valence-electron chi connectivity index (χ3n) is 7.22. The standard InChI is InChI=1S/C25H28FN7O3S/c1-17-9-23-19(11-28-33(23)21-5-3-20(26)4-6-21)10-22(17)24-14-32(8-7-31(24)13-18-15-36-16-18)37(34,35)25-12-27-30(2)29-25/h3-6,9-12,18,24H,7-8,13-16H2,1-2H3. The number of hydrogen-bond acceptors (Lipinski definition) is 7. The van der Waals surface area contributed by atoms with Crippen LogP contribution in [-0.2, 0) is 21.8 Å². The fraction of sp³-hybridized carbons (Fsp3) is 0.400. The van der Waals surface area contributed by atoms with Gasteiger partial charge in [0.25, 0.3) is 10.0 Å². The number of aromatic nitrogens is 5. The van der Waals surface area contributed by atoms with Crippen LogP contribution >= 0.6 is 0 Å². The fourth-order valence-electron chi connectivity index (χ4n) is 5.17. The zero-order valence-electron chi connectivity index (χ0n) is 20.7. The molecule has 6 rings (SSSR count). The Bertz CT molecular complexity index is 1550. The van der Waals surface area contributed by atoms with Gasteiger partial charge in [0.05, 0.1) is 36.8 Å². The smallest absolute Gasteiger partial charge is 0.264 e. The highest BCUT2D eigenvalue weighted by Gasteiger charge is 2.38. The van der Waals surface area contributed by atoms with Gasteiger partial charge in [-0.25, -0.2) is 17.5 Å². The second-order valence-corrected chi connectivity index (χ2v) is 11.6. The number of aryl methyl sites for hydroxylation is 2. The van der Waals surface area contributed by atoms with E-state index in [1.165, 1.54) is 27.4 Å². The van der Waals surface area contributed by atoms with Gasteiger partial charge >= 0.3 is 0 Å². The summed E-state index contributed by atoms with van der Waals surface area (Å²) >= 11 is 0. The molecule has 0 radical (unpaired) electrons. The van der Waals surface area contributed by atoms with Crippen molar-refractivity contribution in [1.82, 2.24) is 34.0 Å². The monoisotopic (exact) mass is 525 g/mol. The molecule has 0 aliphatic carbocycles. The van der Waals surface area contributed by atoms with Gasteiger partial charge in [0, 0.05) is 50.6 Å². The summed E-state index contributed by atoms with van der Waals surface area (Å²) in [7, 11) is -2.17. The summed E-state index contributed by atoms with van der Waals surface area (Å²) in [5.41, 5.74) is 3.78. The lowest BCUT2D eigenvalue weighted by Crippen LogP contribution is -2.53. The lowest BCUT2D eigenvalue weighted by molar-refractivity contribution is -0.0568. The molecule has 2 fully saturated rings. The molecule has 194 valence electrons. The van der Waals surface area contributed by atoms with Crippen molar-refractivity contribution in [2.45, 2.75) is 18.0 Å². The van der Waals surface area contributed by atoms with Gasteiger partial charge in [-0.2, -0.15) is 19.3 Å². The Labute approximate surface area is 214 Å². The van der Waals surface area contributed by atoms with E-state index in [1.54, 1.807) is 30.1 Å². The van der Waals surface area contributed by atoms with Gasteiger partial charge in [0.2, 0.25) is 5.03 Å². The number of rotatable bonds is 6. The van der Waals surface area contributed by atoms with E-state index >= 15 is 0 Å². The highest BCUT2D eigenvalue weighted by Crippen LogP contribution is 2.34. The van der Waals surface area contributed by atoms with E-state index in [4.69, 9.17) is 4.74 Å². The maximum absolute atomic E-state index is 13.4. The molecule has 12 heteroatoms. The van der Waals surface area contributed by atoms with Crippen LogP contribution in [0.15, 0.2) is 53.8 Å². The van der Waals surface area contributed by atoms with Crippen molar-refractivity contribution in [2.24, 2.45) is 13.0 Å². The number of nitrogens with zero attached hydrogens (tertiary/aromatic N) is 7. The summed E-state index contributed by atoms with van der Waals surface area (Å²) in [5.74, 6) is 0.143. The van der Waals surface area contributed by atoms with Crippen LogP contribution in [0.25, 0.3) is 16.6 Å². The topological polar surface area (TPSA) is 98.4 Å². The number of hydrogen-bond donors (Lipinski definition) is 0. The molecule has 0 amide bonds. The highest BCUT2D eigenvalue weighted by molar-refractivity contribution is 7.89. The lowest BCUT2D eigenvalue weighted by Gasteiger charge is -2.43. The van der Waals surface area contributed by atoms with Crippen LogP contribution in [0.2, 0.25) is 0 Å². The first-order valence-corrected chi connectivity index (χ1v) is 13.7. The zero-order chi connectivity index (χ0) is 25.7. The van der Waals surface area contributed by atoms with Gasteiger partial charge in [-0.05, 0) is 54.4 Å². The Balaban J connectivity index is 1.37. The first kappa shape index (κ1) is 24.2. The van der Waals surface area contributed by atoms with Gasteiger partial charge in [-0.15, -0.1) is 5.10 Å². The summed E-state index contributed by atoms with van der Waals surface area (Å²) < 4.78 is 48.9. The fourth-order valence-corrected chi connectivity index (χ4v) is 6.50. The summed E-state index contributed by atoms with van der Waals surface area (Å²) in [5, 5.41) is 13.5. The van der Waals surface area contributed by atoms with Crippen molar-refractivity contribution in [3.63, 3.8) is 0 Å². The molecule has 4 aromatic rings. The van der Waals surface area contributed by atoms with Crippen LogP contribution in [0.1, 0.15) is 17.2 Å². The summed E-state index contributed by atoms with van der Waals surface area (Å²) in [6.07, 6.45) is 3.09. The molecule has 37 heavy (non-hydrogen) atoms. The number of ether oxygens (including phenoxy) is 1. The van der Waals surface area contributed by atoms with E-state index in [0.29, 0.717) is 25.6 Å². The van der Waals surface area contributed by atoms with E-state index in [0.717, 1.165) is 47.5 Å².